The Morgan fingerprint density at radius 2 is 2.25 bits per heavy atom. The minimum atomic E-state index is -0.547. The Labute approximate surface area is 130 Å². The summed E-state index contributed by atoms with van der Waals surface area (Å²) in [4.78, 5) is 7.57. The number of fused-ring (bicyclic) bond motifs is 1. The van der Waals surface area contributed by atoms with Crippen LogP contribution in [0.15, 0.2) is 22.7 Å². The van der Waals surface area contributed by atoms with Crippen molar-refractivity contribution in [3.63, 3.8) is 0 Å². The predicted molar refractivity (Wildman–Crippen MR) is 84.2 cm³/mol. The van der Waals surface area contributed by atoms with E-state index in [0.717, 1.165) is 31.3 Å². The van der Waals surface area contributed by atoms with Gasteiger partial charge in [-0.15, -0.1) is 11.3 Å². The molecule has 0 fully saturated rings. The highest BCUT2D eigenvalue weighted by atomic mass is 79.9. The molecule has 0 saturated carbocycles. The summed E-state index contributed by atoms with van der Waals surface area (Å²) in [5.41, 5.74) is 3.03. The van der Waals surface area contributed by atoms with Crippen molar-refractivity contribution in [1.29, 1.82) is 0 Å². The quantitative estimate of drug-likeness (QED) is 0.899. The highest BCUT2D eigenvalue weighted by molar-refractivity contribution is 9.10. The fraction of sp³-hybridized carbons (Fsp3) is 0.357. The van der Waals surface area contributed by atoms with E-state index in [1.807, 2.05) is 14.1 Å². The molecule has 1 aromatic heterocycles. The van der Waals surface area contributed by atoms with Gasteiger partial charge in [0.25, 0.3) is 0 Å². The van der Waals surface area contributed by atoms with Crippen LogP contribution in [-0.4, -0.2) is 30.8 Å². The van der Waals surface area contributed by atoms with Crippen LogP contribution in [-0.2, 0) is 11.3 Å². The van der Waals surface area contributed by atoms with Crippen LogP contribution in [0.1, 0.15) is 16.7 Å². The predicted octanol–water partition coefficient (Wildman–Crippen LogP) is 3.20. The van der Waals surface area contributed by atoms with Gasteiger partial charge in [0.05, 0.1) is 29.5 Å². The summed E-state index contributed by atoms with van der Waals surface area (Å²) in [6.07, 6.45) is -0.547. The maximum Gasteiger partial charge on any atom is 0.124 e. The van der Waals surface area contributed by atoms with Gasteiger partial charge in [-0.25, -0.2) is 4.98 Å². The van der Waals surface area contributed by atoms with Crippen molar-refractivity contribution in [2.45, 2.75) is 12.7 Å². The number of benzene rings is 1. The molecule has 1 aliphatic heterocycles. The van der Waals surface area contributed by atoms with E-state index in [1.165, 1.54) is 0 Å². The van der Waals surface area contributed by atoms with E-state index in [1.54, 1.807) is 11.3 Å². The average Bonchev–Trinajstić information content (AvgIpc) is 2.83. The van der Waals surface area contributed by atoms with Gasteiger partial charge in [0, 0.05) is 24.1 Å². The van der Waals surface area contributed by atoms with Gasteiger partial charge in [0.1, 0.15) is 11.1 Å². The molecule has 0 spiro atoms. The van der Waals surface area contributed by atoms with Crippen molar-refractivity contribution in [1.82, 2.24) is 4.98 Å². The average molecular weight is 355 g/mol. The molecule has 1 aliphatic rings. The summed E-state index contributed by atoms with van der Waals surface area (Å²) in [5.74, 6) is 0. The van der Waals surface area contributed by atoms with Gasteiger partial charge in [-0.2, -0.15) is 0 Å². The standard InChI is InChI=1S/C14H15BrN2O2S/c1-17(2)11-4-3-8(5-9(11)15)14-16-10-6-19-7-12(18)13(10)20-14/h3-5,12,18H,6-7H2,1-2H3. The molecule has 0 bridgehead atoms. The van der Waals surface area contributed by atoms with E-state index < -0.39 is 6.10 Å². The third-order valence-corrected chi connectivity index (χ3v) is 5.10. The Morgan fingerprint density at radius 3 is 2.90 bits per heavy atom. The van der Waals surface area contributed by atoms with Crippen molar-refractivity contribution in [2.75, 3.05) is 25.6 Å². The summed E-state index contributed by atoms with van der Waals surface area (Å²) < 4.78 is 6.34. The maximum atomic E-state index is 9.92. The first-order valence-electron chi connectivity index (χ1n) is 6.29. The van der Waals surface area contributed by atoms with E-state index in [-0.39, 0.29) is 0 Å². The Hall–Kier alpha value is -0.950. The maximum absolute atomic E-state index is 9.92. The third kappa shape index (κ3) is 2.48. The number of ether oxygens (including phenoxy) is 1. The lowest BCUT2D eigenvalue weighted by Gasteiger charge is -2.15. The Kier molecular flexibility index (Phi) is 3.81. The normalized spacial score (nSPS) is 17.9. The first-order chi connectivity index (χ1) is 9.56. The molecule has 20 heavy (non-hydrogen) atoms. The highest BCUT2D eigenvalue weighted by Crippen LogP contribution is 2.37. The number of aliphatic hydroxyl groups is 1. The fourth-order valence-electron chi connectivity index (χ4n) is 2.20. The molecule has 2 heterocycles. The van der Waals surface area contributed by atoms with Gasteiger partial charge in [-0.3, -0.25) is 0 Å². The van der Waals surface area contributed by atoms with E-state index in [4.69, 9.17) is 4.74 Å². The SMILES string of the molecule is CN(C)c1ccc(-c2nc3c(s2)C(O)COC3)cc1Br. The lowest BCUT2D eigenvalue weighted by Crippen LogP contribution is -2.14. The van der Waals surface area contributed by atoms with Crippen molar-refractivity contribution in [3.8, 4) is 10.6 Å². The molecular weight excluding hydrogens is 340 g/mol. The fourth-order valence-corrected chi connectivity index (χ4v) is 3.97. The minimum Gasteiger partial charge on any atom is -0.385 e. The van der Waals surface area contributed by atoms with Crippen LogP contribution in [0.2, 0.25) is 0 Å². The molecular formula is C14H15BrN2O2S. The summed E-state index contributed by atoms with van der Waals surface area (Å²) >= 11 is 5.13. The Balaban J connectivity index is 1.99. The number of aliphatic hydroxyl groups excluding tert-OH is 1. The Bertz CT molecular complexity index is 642. The third-order valence-electron chi connectivity index (χ3n) is 3.22. The monoisotopic (exact) mass is 354 g/mol. The van der Waals surface area contributed by atoms with Gasteiger partial charge in [-0.05, 0) is 34.1 Å². The summed E-state index contributed by atoms with van der Waals surface area (Å²) in [7, 11) is 4.02. The summed E-state index contributed by atoms with van der Waals surface area (Å²) in [5, 5.41) is 10.8. The second-order valence-corrected chi connectivity index (χ2v) is 6.81. The van der Waals surface area contributed by atoms with Crippen LogP contribution in [0.5, 0.6) is 0 Å². The van der Waals surface area contributed by atoms with E-state index >= 15 is 0 Å². The topological polar surface area (TPSA) is 45.6 Å². The first-order valence-corrected chi connectivity index (χ1v) is 7.90. The highest BCUT2D eigenvalue weighted by Gasteiger charge is 2.23. The molecule has 3 rings (SSSR count). The smallest absolute Gasteiger partial charge is 0.124 e. The van der Waals surface area contributed by atoms with Crippen molar-refractivity contribution in [3.05, 3.63) is 33.2 Å². The molecule has 106 valence electrons. The van der Waals surface area contributed by atoms with Crippen LogP contribution in [0.4, 0.5) is 5.69 Å². The molecule has 6 heteroatoms. The molecule has 1 unspecified atom stereocenters. The van der Waals surface area contributed by atoms with Gasteiger partial charge >= 0.3 is 0 Å². The van der Waals surface area contributed by atoms with Gasteiger partial charge in [0.2, 0.25) is 0 Å². The number of nitrogens with zero attached hydrogens (tertiary/aromatic N) is 2. The molecule has 0 saturated heterocycles. The molecule has 2 aromatic rings. The molecule has 0 amide bonds. The number of anilines is 1. The van der Waals surface area contributed by atoms with E-state index in [9.17, 15) is 5.11 Å². The largest absolute Gasteiger partial charge is 0.385 e. The zero-order valence-corrected chi connectivity index (χ0v) is 13.7. The van der Waals surface area contributed by atoms with Crippen molar-refractivity contribution in [2.24, 2.45) is 0 Å². The van der Waals surface area contributed by atoms with Crippen LogP contribution >= 0.6 is 27.3 Å². The number of aromatic nitrogens is 1. The zero-order chi connectivity index (χ0) is 14.3. The minimum absolute atomic E-state index is 0.359. The second kappa shape index (κ2) is 5.44. The first kappa shape index (κ1) is 14.0. The molecule has 1 aromatic carbocycles. The number of hydrogen-bond donors (Lipinski definition) is 1. The molecule has 4 nitrogen and oxygen atoms in total. The molecule has 0 aliphatic carbocycles. The zero-order valence-electron chi connectivity index (χ0n) is 11.3. The van der Waals surface area contributed by atoms with Crippen molar-refractivity contribution >= 4 is 33.0 Å². The number of rotatable bonds is 2. The molecule has 0 radical (unpaired) electrons. The number of thiazole rings is 1. The van der Waals surface area contributed by atoms with Crippen LogP contribution in [0, 0.1) is 0 Å². The Morgan fingerprint density at radius 1 is 1.45 bits per heavy atom. The van der Waals surface area contributed by atoms with Gasteiger partial charge < -0.3 is 14.7 Å². The summed E-state index contributed by atoms with van der Waals surface area (Å²) in [6.45, 7) is 0.845. The van der Waals surface area contributed by atoms with E-state index in [2.05, 4.69) is 44.0 Å². The second-order valence-electron chi connectivity index (χ2n) is 4.92. The number of hydrogen-bond acceptors (Lipinski definition) is 5. The van der Waals surface area contributed by atoms with Gasteiger partial charge in [0.15, 0.2) is 0 Å². The van der Waals surface area contributed by atoms with E-state index in [0.29, 0.717) is 13.2 Å². The van der Waals surface area contributed by atoms with Crippen LogP contribution in [0.3, 0.4) is 0 Å². The lowest BCUT2D eigenvalue weighted by atomic mass is 10.2. The number of halogens is 1. The summed E-state index contributed by atoms with van der Waals surface area (Å²) in [6, 6.07) is 6.18. The molecule has 1 N–H and O–H groups in total. The van der Waals surface area contributed by atoms with Crippen LogP contribution in [0.25, 0.3) is 10.6 Å². The lowest BCUT2D eigenvalue weighted by molar-refractivity contribution is 0.0106. The molecule has 1 atom stereocenters. The van der Waals surface area contributed by atoms with Crippen molar-refractivity contribution < 1.29 is 9.84 Å². The van der Waals surface area contributed by atoms with Gasteiger partial charge in [-0.1, -0.05) is 0 Å². The van der Waals surface area contributed by atoms with Crippen LogP contribution < -0.4 is 4.90 Å².